The van der Waals surface area contributed by atoms with Crippen molar-refractivity contribution < 1.29 is 14.7 Å². The van der Waals surface area contributed by atoms with Crippen molar-refractivity contribution in [3.05, 3.63) is 36.2 Å². The van der Waals surface area contributed by atoms with Gasteiger partial charge in [0.2, 0.25) is 0 Å². The van der Waals surface area contributed by atoms with Crippen molar-refractivity contribution in [2.75, 3.05) is 26.7 Å². The molecule has 0 unspecified atom stereocenters. The Hall–Kier alpha value is -2.74. The van der Waals surface area contributed by atoms with Crippen molar-refractivity contribution in [3.8, 4) is 11.4 Å². The number of benzene rings is 1. The Labute approximate surface area is 157 Å². The molecule has 2 N–H and O–H groups in total. The number of nitrogens with zero attached hydrogens (tertiary/aromatic N) is 4. The smallest absolute Gasteiger partial charge is 0.320 e. The molecule has 4 rings (SSSR count). The molecule has 2 aliphatic heterocycles. The fourth-order valence-corrected chi connectivity index (χ4v) is 4.47. The molecule has 1 aromatic heterocycles. The summed E-state index contributed by atoms with van der Waals surface area (Å²) in [5.41, 5.74) is 1.35. The fourth-order valence-electron chi connectivity index (χ4n) is 4.47. The minimum atomic E-state index is -0.756. The standard InChI is InChI=1S/C19H23N5O3/c1-23-11-19(10-15(23)18(26)27)6-8-24(9-7-19)17(25)14-5-3-2-4-13(14)16-20-12-21-22-16/h2-5,12,15H,6-11H2,1H3,(H,26,27)(H,20,21,22)/t15-/m0/s1. The van der Waals surface area contributed by atoms with Gasteiger partial charge in [0, 0.05) is 25.2 Å². The number of H-pyrrole nitrogens is 1. The van der Waals surface area contributed by atoms with Crippen LogP contribution >= 0.6 is 0 Å². The van der Waals surface area contributed by atoms with E-state index in [1.165, 1.54) is 6.33 Å². The third kappa shape index (κ3) is 3.21. The Morgan fingerprint density at radius 2 is 2.00 bits per heavy atom. The number of likely N-dealkylation sites (N-methyl/N-ethyl adjacent to an activating group) is 1. The summed E-state index contributed by atoms with van der Waals surface area (Å²) < 4.78 is 0. The van der Waals surface area contributed by atoms with E-state index in [4.69, 9.17) is 0 Å². The molecule has 0 bridgehead atoms. The van der Waals surface area contributed by atoms with E-state index in [1.54, 1.807) is 0 Å². The Morgan fingerprint density at radius 1 is 1.26 bits per heavy atom. The number of rotatable bonds is 3. The van der Waals surface area contributed by atoms with Gasteiger partial charge in [-0.25, -0.2) is 4.98 Å². The van der Waals surface area contributed by atoms with Gasteiger partial charge in [-0.2, -0.15) is 5.10 Å². The molecule has 2 aliphatic rings. The molecule has 8 heteroatoms. The van der Waals surface area contributed by atoms with Crippen LogP contribution in [0, 0.1) is 5.41 Å². The molecule has 2 fully saturated rings. The summed E-state index contributed by atoms with van der Waals surface area (Å²) in [5, 5.41) is 16.1. The van der Waals surface area contributed by atoms with Gasteiger partial charge in [0.1, 0.15) is 12.4 Å². The van der Waals surface area contributed by atoms with Crippen LogP contribution in [-0.2, 0) is 4.79 Å². The van der Waals surface area contributed by atoms with Gasteiger partial charge in [0.15, 0.2) is 5.82 Å². The number of carbonyl (C=O) groups excluding carboxylic acids is 1. The highest BCUT2D eigenvalue weighted by molar-refractivity contribution is 6.00. The van der Waals surface area contributed by atoms with Gasteiger partial charge < -0.3 is 10.0 Å². The lowest BCUT2D eigenvalue weighted by atomic mass is 9.76. The summed E-state index contributed by atoms with van der Waals surface area (Å²) in [6.07, 6.45) is 3.75. The van der Waals surface area contributed by atoms with Gasteiger partial charge in [0.05, 0.1) is 5.56 Å². The molecular formula is C19H23N5O3. The molecule has 1 atom stereocenters. The zero-order chi connectivity index (χ0) is 19.0. The number of aromatic amines is 1. The first-order valence-corrected chi connectivity index (χ1v) is 9.16. The van der Waals surface area contributed by atoms with Crippen molar-refractivity contribution in [2.24, 2.45) is 5.41 Å². The van der Waals surface area contributed by atoms with Crippen LogP contribution in [0.2, 0.25) is 0 Å². The van der Waals surface area contributed by atoms with E-state index in [0.29, 0.717) is 30.9 Å². The van der Waals surface area contributed by atoms with E-state index >= 15 is 0 Å². The fraction of sp³-hybridized carbons (Fsp3) is 0.474. The largest absolute Gasteiger partial charge is 0.480 e. The molecule has 1 spiro atoms. The molecule has 0 aliphatic carbocycles. The lowest BCUT2D eigenvalue weighted by Crippen LogP contribution is -2.44. The van der Waals surface area contributed by atoms with E-state index < -0.39 is 12.0 Å². The maximum Gasteiger partial charge on any atom is 0.320 e. The predicted octanol–water partition coefficient (Wildman–Crippen LogP) is 1.48. The van der Waals surface area contributed by atoms with Gasteiger partial charge >= 0.3 is 5.97 Å². The second kappa shape index (κ2) is 6.77. The molecule has 2 saturated heterocycles. The third-order valence-electron chi connectivity index (χ3n) is 5.97. The highest BCUT2D eigenvalue weighted by Crippen LogP contribution is 2.43. The monoisotopic (exact) mass is 369 g/mol. The summed E-state index contributed by atoms with van der Waals surface area (Å²) in [6, 6.07) is 6.98. The quantitative estimate of drug-likeness (QED) is 0.850. The molecular weight excluding hydrogens is 346 g/mol. The SMILES string of the molecule is CN1CC2(CCN(C(=O)c3ccccc3-c3ncn[nH]3)CC2)C[C@H]1C(=O)O. The highest BCUT2D eigenvalue weighted by atomic mass is 16.4. The van der Waals surface area contributed by atoms with Gasteiger partial charge in [-0.05, 0) is 37.8 Å². The molecule has 8 nitrogen and oxygen atoms in total. The Balaban J connectivity index is 1.48. The van der Waals surface area contributed by atoms with Crippen molar-refractivity contribution >= 4 is 11.9 Å². The number of piperidine rings is 1. The van der Waals surface area contributed by atoms with Crippen LogP contribution in [0.1, 0.15) is 29.6 Å². The summed E-state index contributed by atoms with van der Waals surface area (Å²) in [5.74, 6) is -0.194. The van der Waals surface area contributed by atoms with E-state index in [9.17, 15) is 14.7 Å². The minimum Gasteiger partial charge on any atom is -0.480 e. The maximum absolute atomic E-state index is 13.1. The molecule has 2 aromatic rings. The topological polar surface area (TPSA) is 102 Å². The van der Waals surface area contributed by atoms with Crippen LogP contribution in [-0.4, -0.2) is 74.7 Å². The third-order valence-corrected chi connectivity index (χ3v) is 5.97. The number of likely N-dealkylation sites (tertiary alicyclic amines) is 2. The van der Waals surface area contributed by atoms with Gasteiger partial charge in [-0.15, -0.1) is 0 Å². The van der Waals surface area contributed by atoms with Crippen LogP contribution < -0.4 is 0 Å². The molecule has 142 valence electrons. The second-order valence-corrected chi connectivity index (χ2v) is 7.65. The van der Waals surface area contributed by atoms with E-state index in [0.717, 1.165) is 24.9 Å². The van der Waals surface area contributed by atoms with Crippen molar-refractivity contribution in [2.45, 2.75) is 25.3 Å². The van der Waals surface area contributed by atoms with Gasteiger partial charge in [-0.3, -0.25) is 19.6 Å². The van der Waals surface area contributed by atoms with Gasteiger partial charge in [-0.1, -0.05) is 18.2 Å². The van der Waals surface area contributed by atoms with E-state index in [2.05, 4.69) is 15.2 Å². The normalized spacial score (nSPS) is 22.3. The van der Waals surface area contributed by atoms with Crippen molar-refractivity contribution in [3.63, 3.8) is 0 Å². The summed E-state index contributed by atoms with van der Waals surface area (Å²) in [4.78, 5) is 32.5. The maximum atomic E-state index is 13.1. The molecule has 3 heterocycles. The number of hydrogen-bond acceptors (Lipinski definition) is 5. The Bertz CT molecular complexity index is 843. The minimum absolute atomic E-state index is 0.000957. The number of nitrogens with one attached hydrogen (secondary N) is 1. The zero-order valence-corrected chi connectivity index (χ0v) is 15.3. The van der Waals surface area contributed by atoms with Gasteiger partial charge in [0.25, 0.3) is 5.91 Å². The van der Waals surface area contributed by atoms with E-state index in [1.807, 2.05) is 41.1 Å². The first kappa shape index (κ1) is 17.7. The predicted molar refractivity (Wildman–Crippen MR) is 98.1 cm³/mol. The molecule has 27 heavy (non-hydrogen) atoms. The average Bonchev–Trinajstić information content (AvgIpc) is 3.30. The molecule has 1 aromatic carbocycles. The average molecular weight is 369 g/mol. The van der Waals surface area contributed by atoms with Crippen LogP contribution in [0.5, 0.6) is 0 Å². The molecule has 0 saturated carbocycles. The summed E-state index contributed by atoms with van der Waals surface area (Å²) >= 11 is 0. The van der Waals surface area contributed by atoms with Crippen LogP contribution in [0.4, 0.5) is 0 Å². The van der Waals surface area contributed by atoms with Crippen LogP contribution in [0.15, 0.2) is 30.6 Å². The molecule has 0 radical (unpaired) electrons. The number of carboxylic acid groups (broad SMARTS) is 1. The van der Waals surface area contributed by atoms with E-state index in [-0.39, 0.29) is 11.3 Å². The number of carboxylic acids is 1. The first-order valence-electron chi connectivity index (χ1n) is 9.16. The zero-order valence-electron chi connectivity index (χ0n) is 15.3. The number of amides is 1. The number of aromatic nitrogens is 3. The summed E-state index contributed by atoms with van der Waals surface area (Å²) in [6.45, 7) is 2.06. The number of aliphatic carboxylic acids is 1. The van der Waals surface area contributed by atoms with Crippen molar-refractivity contribution in [1.29, 1.82) is 0 Å². The number of hydrogen-bond donors (Lipinski definition) is 2. The Kier molecular flexibility index (Phi) is 4.43. The Morgan fingerprint density at radius 3 is 2.63 bits per heavy atom. The second-order valence-electron chi connectivity index (χ2n) is 7.65. The van der Waals surface area contributed by atoms with Crippen LogP contribution in [0.3, 0.4) is 0 Å². The number of carbonyl (C=O) groups is 2. The summed E-state index contributed by atoms with van der Waals surface area (Å²) in [7, 11) is 1.87. The van der Waals surface area contributed by atoms with Crippen LogP contribution in [0.25, 0.3) is 11.4 Å². The lowest BCUT2D eigenvalue weighted by molar-refractivity contribution is -0.141. The lowest BCUT2D eigenvalue weighted by Gasteiger charge is -2.39. The van der Waals surface area contributed by atoms with Crippen molar-refractivity contribution in [1.82, 2.24) is 25.0 Å². The first-order chi connectivity index (χ1) is 13.0. The highest BCUT2D eigenvalue weighted by Gasteiger charge is 2.47. The molecule has 1 amide bonds.